The van der Waals surface area contributed by atoms with E-state index in [0.717, 1.165) is 17.1 Å². The van der Waals surface area contributed by atoms with Crippen molar-refractivity contribution >= 4 is 16.3 Å². The molecule has 0 amide bonds. The molecular formula is C23H41IrO2P2-. The Morgan fingerprint density at radius 3 is 1.07 bits per heavy atom. The van der Waals surface area contributed by atoms with Gasteiger partial charge < -0.3 is 9.05 Å². The van der Waals surface area contributed by atoms with Gasteiger partial charge in [-0.3, -0.25) is 0 Å². The molecule has 0 aliphatic rings. The summed E-state index contributed by atoms with van der Waals surface area (Å²) in [5, 5.41) is 0.372. The van der Waals surface area contributed by atoms with Gasteiger partial charge >= 0.3 is 0 Å². The predicted molar refractivity (Wildman–Crippen MR) is 124 cm³/mol. The molecule has 0 aliphatic carbocycles. The largest absolute Gasteiger partial charge is 0.499 e. The van der Waals surface area contributed by atoms with Crippen molar-refractivity contribution in [2.75, 3.05) is 0 Å². The molecular weight excluding hydrogens is 562 g/mol. The van der Waals surface area contributed by atoms with E-state index in [2.05, 4.69) is 108 Å². The van der Waals surface area contributed by atoms with Crippen molar-refractivity contribution in [3.8, 4) is 11.5 Å². The summed E-state index contributed by atoms with van der Waals surface area (Å²) in [5.74, 6) is 1.61. The van der Waals surface area contributed by atoms with Crippen molar-refractivity contribution in [1.29, 1.82) is 0 Å². The van der Waals surface area contributed by atoms with Crippen molar-refractivity contribution in [1.82, 2.24) is 0 Å². The van der Waals surface area contributed by atoms with Crippen LogP contribution in [-0.4, -0.2) is 20.6 Å². The Morgan fingerprint density at radius 2 is 0.857 bits per heavy atom. The Bertz CT molecular complexity index is 552. The zero-order valence-electron chi connectivity index (χ0n) is 20.2. The quantitative estimate of drug-likeness (QED) is 0.254. The smallest absolute Gasteiger partial charge is 0.0946 e. The first kappa shape index (κ1) is 28.3. The molecule has 1 radical (unpaired) electrons. The Labute approximate surface area is 191 Å². The molecule has 28 heavy (non-hydrogen) atoms. The summed E-state index contributed by atoms with van der Waals surface area (Å²) in [4.78, 5) is 0. The van der Waals surface area contributed by atoms with E-state index in [-0.39, 0.29) is 40.7 Å². The van der Waals surface area contributed by atoms with Gasteiger partial charge in [0.15, 0.2) is 0 Å². The zero-order chi connectivity index (χ0) is 21.4. The van der Waals surface area contributed by atoms with Gasteiger partial charge in [-0.1, -0.05) is 96.1 Å². The van der Waals surface area contributed by atoms with Crippen LogP contribution in [0, 0.1) is 13.0 Å². The average molecular weight is 604 g/mol. The molecule has 2 nitrogen and oxygen atoms in total. The molecule has 5 heteroatoms. The van der Waals surface area contributed by atoms with E-state index in [9.17, 15) is 0 Å². The van der Waals surface area contributed by atoms with E-state index in [1.54, 1.807) is 0 Å². The van der Waals surface area contributed by atoms with Gasteiger partial charge in [0.2, 0.25) is 0 Å². The van der Waals surface area contributed by atoms with Crippen molar-refractivity contribution in [3.63, 3.8) is 0 Å². The summed E-state index contributed by atoms with van der Waals surface area (Å²) < 4.78 is 13.1. The Hall–Kier alpha value is 0.329. The Balaban J connectivity index is 0.00000729. The Morgan fingerprint density at radius 1 is 0.607 bits per heavy atom. The van der Waals surface area contributed by atoms with Crippen molar-refractivity contribution < 1.29 is 29.2 Å². The SMILES string of the molecule is Cc1cc(OP(C(C)(C)C)C(C)(C)C)[c-]c(OP(C(C)(C)C)C(C)(C)C)c1.[Ir]. The number of hydrogen-bond acceptors (Lipinski definition) is 2. The second-order valence-electron chi connectivity index (χ2n) is 11.3. The van der Waals surface area contributed by atoms with Gasteiger partial charge in [-0.15, -0.1) is 12.1 Å². The van der Waals surface area contributed by atoms with Gasteiger partial charge in [-0.05, 0) is 0 Å². The van der Waals surface area contributed by atoms with Gasteiger partial charge in [-0.2, -0.15) is 5.56 Å². The molecule has 165 valence electrons. The molecule has 1 aromatic rings. The van der Waals surface area contributed by atoms with Crippen LogP contribution in [0.1, 0.15) is 88.6 Å². The van der Waals surface area contributed by atoms with Gasteiger partial charge in [0.25, 0.3) is 0 Å². The fourth-order valence-electron chi connectivity index (χ4n) is 3.50. The first-order chi connectivity index (χ1) is 11.8. The van der Waals surface area contributed by atoms with Gasteiger partial charge in [0, 0.05) is 52.2 Å². The summed E-state index contributed by atoms with van der Waals surface area (Å²) in [6.45, 7) is 29.2. The first-order valence-electron chi connectivity index (χ1n) is 9.82. The number of benzene rings is 1. The predicted octanol–water partition coefficient (Wildman–Crippen LogP) is 8.54. The second-order valence-corrected chi connectivity index (χ2v) is 18.3. The summed E-state index contributed by atoms with van der Waals surface area (Å²) in [6.07, 6.45) is 0. The van der Waals surface area contributed by atoms with Crippen molar-refractivity contribution in [3.05, 3.63) is 23.8 Å². The third-order valence-corrected chi connectivity index (χ3v) is 9.41. The molecule has 0 heterocycles. The van der Waals surface area contributed by atoms with Crippen LogP contribution in [0.3, 0.4) is 0 Å². The normalized spacial score (nSPS) is 13.5. The summed E-state index contributed by atoms with van der Waals surface area (Å²) in [5.41, 5.74) is 1.15. The minimum absolute atomic E-state index is 0. The molecule has 0 aliphatic heterocycles. The standard InChI is InChI=1S/C23H41O2P2.Ir/c1-17-14-18(24-26(20(2,3)4)21(5,6)7)16-19(15-17)25-27(22(8,9)10)23(11,12)13;/h14-15H,1-13H3;/q-1;. The summed E-state index contributed by atoms with van der Waals surface area (Å²) >= 11 is 0. The molecule has 0 atom stereocenters. The average Bonchev–Trinajstić information content (AvgIpc) is 2.36. The first-order valence-corrected chi connectivity index (χ1v) is 12.3. The van der Waals surface area contributed by atoms with Crippen molar-refractivity contribution in [2.24, 2.45) is 0 Å². The zero-order valence-corrected chi connectivity index (χ0v) is 24.4. The Kier molecular flexibility index (Phi) is 9.75. The van der Waals surface area contributed by atoms with E-state index in [1.165, 1.54) is 0 Å². The van der Waals surface area contributed by atoms with Gasteiger partial charge in [0.1, 0.15) is 0 Å². The molecule has 0 unspecified atom stereocenters. The molecule has 0 fully saturated rings. The monoisotopic (exact) mass is 604 g/mol. The van der Waals surface area contributed by atoms with Crippen molar-refractivity contribution in [2.45, 2.75) is 111 Å². The fraction of sp³-hybridized carbons (Fsp3) is 0.739. The molecule has 1 aromatic carbocycles. The minimum Gasteiger partial charge on any atom is -0.499 e. The van der Waals surface area contributed by atoms with Crippen LogP contribution < -0.4 is 9.05 Å². The number of rotatable bonds is 4. The van der Waals surface area contributed by atoms with Crippen LogP contribution in [0.5, 0.6) is 11.5 Å². The molecule has 0 saturated heterocycles. The molecule has 0 saturated carbocycles. The molecule has 0 aromatic heterocycles. The molecule has 0 N–H and O–H groups in total. The third kappa shape index (κ3) is 8.60. The van der Waals surface area contributed by atoms with Crippen LogP contribution in [-0.2, 0) is 20.1 Å². The van der Waals surface area contributed by atoms with Crippen LogP contribution in [0.25, 0.3) is 0 Å². The molecule has 1 rings (SSSR count). The van der Waals surface area contributed by atoms with E-state index in [1.807, 2.05) is 0 Å². The number of aryl methyl sites for hydroxylation is 1. The fourth-order valence-corrected chi connectivity index (χ4v) is 9.21. The molecule has 0 bridgehead atoms. The van der Waals surface area contributed by atoms with E-state index < -0.39 is 16.3 Å². The van der Waals surface area contributed by atoms with E-state index in [4.69, 9.17) is 9.05 Å². The number of hydrogen-bond donors (Lipinski definition) is 0. The third-order valence-electron chi connectivity index (χ3n) is 3.78. The van der Waals surface area contributed by atoms with Crippen LogP contribution in [0.15, 0.2) is 12.1 Å². The van der Waals surface area contributed by atoms with Crippen LogP contribution >= 0.6 is 16.3 Å². The van der Waals surface area contributed by atoms with Gasteiger partial charge in [-0.25, -0.2) is 0 Å². The maximum absolute atomic E-state index is 6.55. The maximum atomic E-state index is 6.55. The van der Waals surface area contributed by atoms with E-state index in [0.29, 0.717) is 0 Å². The summed E-state index contributed by atoms with van der Waals surface area (Å²) in [6, 6.07) is 7.58. The van der Waals surface area contributed by atoms with E-state index >= 15 is 0 Å². The summed E-state index contributed by atoms with van der Waals surface area (Å²) in [7, 11) is -1.38. The maximum Gasteiger partial charge on any atom is 0.0946 e. The second kappa shape index (κ2) is 9.64. The molecule has 0 spiro atoms. The van der Waals surface area contributed by atoms with Crippen LogP contribution in [0.4, 0.5) is 0 Å². The van der Waals surface area contributed by atoms with Gasteiger partial charge in [0.05, 0.1) is 16.3 Å². The van der Waals surface area contributed by atoms with Crippen LogP contribution in [0.2, 0.25) is 0 Å². The minimum atomic E-state index is -0.691. The topological polar surface area (TPSA) is 18.5 Å².